The Morgan fingerprint density at radius 3 is 2.80 bits per heavy atom. The van der Waals surface area contributed by atoms with E-state index in [1.807, 2.05) is 6.07 Å². The first-order valence-electron chi connectivity index (χ1n) is 8.49. The van der Waals surface area contributed by atoms with E-state index < -0.39 is 11.5 Å². The molecule has 1 aliphatic carbocycles. The van der Waals surface area contributed by atoms with Crippen LogP contribution in [-0.4, -0.2) is 25.5 Å². The summed E-state index contributed by atoms with van der Waals surface area (Å²) in [4.78, 5) is 36.3. The average Bonchev–Trinajstić information content (AvgIpc) is 2.65. The summed E-state index contributed by atoms with van der Waals surface area (Å²) in [6.07, 6.45) is 3.63. The number of hydrogen-bond acceptors (Lipinski definition) is 5. The summed E-state index contributed by atoms with van der Waals surface area (Å²) in [7, 11) is 1.38. The minimum absolute atomic E-state index is 0.0240. The Hall–Kier alpha value is -2.63. The van der Waals surface area contributed by atoms with E-state index in [1.165, 1.54) is 13.2 Å². The maximum absolute atomic E-state index is 12.4. The van der Waals surface area contributed by atoms with E-state index >= 15 is 0 Å². The van der Waals surface area contributed by atoms with Crippen molar-refractivity contribution in [2.45, 2.75) is 25.7 Å². The highest BCUT2D eigenvalue weighted by atomic mass is 16.5. The van der Waals surface area contributed by atoms with Gasteiger partial charge in [0.25, 0.3) is 5.91 Å². The van der Waals surface area contributed by atoms with Gasteiger partial charge in [-0.25, -0.2) is 4.79 Å². The predicted molar refractivity (Wildman–Crippen MR) is 92.3 cm³/mol. The van der Waals surface area contributed by atoms with Crippen LogP contribution in [0.2, 0.25) is 0 Å². The van der Waals surface area contributed by atoms with Gasteiger partial charge in [0, 0.05) is 11.9 Å². The van der Waals surface area contributed by atoms with Crippen LogP contribution in [0.1, 0.15) is 36.0 Å². The van der Waals surface area contributed by atoms with Crippen LogP contribution < -0.4 is 10.9 Å². The van der Waals surface area contributed by atoms with Crippen LogP contribution in [0, 0.1) is 11.8 Å². The van der Waals surface area contributed by atoms with Crippen molar-refractivity contribution in [3.8, 4) is 0 Å². The number of fused-ring (bicyclic) bond motifs is 1. The number of hydrogen-bond donors (Lipinski definition) is 1. The second-order valence-electron chi connectivity index (χ2n) is 6.37. The minimum Gasteiger partial charge on any atom is -0.469 e. The van der Waals surface area contributed by atoms with Crippen molar-refractivity contribution in [1.82, 2.24) is 5.32 Å². The van der Waals surface area contributed by atoms with E-state index in [-0.39, 0.29) is 23.4 Å². The highest BCUT2D eigenvalue weighted by Crippen LogP contribution is 2.30. The molecule has 1 saturated carbocycles. The summed E-state index contributed by atoms with van der Waals surface area (Å²) in [5, 5.41) is 3.47. The first-order valence-corrected chi connectivity index (χ1v) is 8.49. The van der Waals surface area contributed by atoms with E-state index in [4.69, 9.17) is 9.15 Å². The van der Waals surface area contributed by atoms with Gasteiger partial charge in [0.2, 0.25) is 0 Å². The van der Waals surface area contributed by atoms with Gasteiger partial charge in [-0.05, 0) is 30.9 Å². The SMILES string of the molecule is COC(=O)C1CCCCC1CNC(=O)c1cc2ccccc2oc1=O. The molecular formula is C19H21NO5. The lowest BCUT2D eigenvalue weighted by Crippen LogP contribution is -2.38. The molecule has 1 N–H and O–H groups in total. The maximum atomic E-state index is 12.4. The van der Waals surface area contributed by atoms with E-state index in [0.717, 1.165) is 25.7 Å². The molecule has 1 amide bonds. The molecule has 2 unspecified atom stereocenters. The van der Waals surface area contributed by atoms with Crippen LogP contribution in [-0.2, 0) is 9.53 Å². The molecule has 0 spiro atoms. The van der Waals surface area contributed by atoms with Crippen molar-refractivity contribution in [3.05, 3.63) is 46.3 Å². The smallest absolute Gasteiger partial charge is 0.349 e. The van der Waals surface area contributed by atoms with Gasteiger partial charge in [-0.2, -0.15) is 0 Å². The summed E-state index contributed by atoms with van der Waals surface area (Å²) in [6, 6.07) is 8.58. The molecule has 2 atom stereocenters. The van der Waals surface area contributed by atoms with Gasteiger partial charge in [0.15, 0.2) is 0 Å². The molecule has 25 heavy (non-hydrogen) atoms. The zero-order valence-electron chi connectivity index (χ0n) is 14.1. The molecule has 6 heteroatoms. The number of esters is 1. The second kappa shape index (κ2) is 7.51. The Kier molecular flexibility index (Phi) is 5.16. The Labute approximate surface area is 145 Å². The number of methoxy groups -OCH3 is 1. The number of amides is 1. The van der Waals surface area contributed by atoms with Crippen molar-refractivity contribution < 1.29 is 18.7 Å². The molecule has 1 fully saturated rings. The summed E-state index contributed by atoms with van der Waals surface area (Å²) >= 11 is 0. The number of rotatable bonds is 4. The molecular weight excluding hydrogens is 322 g/mol. The average molecular weight is 343 g/mol. The largest absolute Gasteiger partial charge is 0.469 e. The van der Waals surface area contributed by atoms with Crippen LogP contribution >= 0.6 is 0 Å². The Morgan fingerprint density at radius 1 is 1.24 bits per heavy atom. The van der Waals surface area contributed by atoms with Crippen molar-refractivity contribution in [2.24, 2.45) is 11.8 Å². The minimum atomic E-state index is -0.663. The number of benzene rings is 1. The zero-order chi connectivity index (χ0) is 17.8. The fourth-order valence-corrected chi connectivity index (χ4v) is 3.45. The third-order valence-corrected chi connectivity index (χ3v) is 4.82. The molecule has 2 aromatic rings. The van der Waals surface area contributed by atoms with Gasteiger partial charge in [-0.1, -0.05) is 31.0 Å². The highest BCUT2D eigenvalue weighted by molar-refractivity contribution is 5.96. The molecule has 1 aromatic heterocycles. The van der Waals surface area contributed by atoms with Crippen molar-refractivity contribution in [3.63, 3.8) is 0 Å². The number of nitrogens with one attached hydrogen (secondary N) is 1. The van der Waals surface area contributed by atoms with Crippen LogP contribution in [0.25, 0.3) is 11.0 Å². The van der Waals surface area contributed by atoms with E-state index in [0.29, 0.717) is 17.5 Å². The lowest BCUT2D eigenvalue weighted by molar-refractivity contribution is -0.148. The summed E-state index contributed by atoms with van der Waals surface area (Å²) in [6.45, 7) is 0.338. The van der Waals surface area contributed by atoms with E-state index in [2.05, 4.69) is 5.32 Å². The fraction of sp³-hybridized carbons (Fsp3) is 0.421. The van der Waals surface area contributed by atoms with E-state index in [9.17, 15) is 14.4 Å². The number of para-hydroxylation sites is 1. The molecule has 0 saturated heterocycles. The van der Waals surface area contributed by atoms with Gasteiger partial charge in [-0.15, -0.1) is 0 Å². The van der Waals surface area contributed by atoms with Crippen LogP contribution in [0.4, 0.5) is 0 Å². The molecule has 0 aliphatic heterocycles. The second-order valence-corrected chi connectivity index (χ2v) is 6.37. The Balaban J connectivity index is 1.73. The first-order chi connectivity index (χ1) is 12.1. The lowest BCUT2D eigenvalue weighted by Gasteiger charge is -2.29. The van der Waals surface area contributed by atoms with Gasteiger partial charge >= 0.3 is 11.6 Å². The first kappa shape index (κ1) is 17.2. The topological polar surface area (TPSA) is 85.6 Å². The number of carbonyl (C=O) groups is 2. The summed E-state index contributed by atoms with van der Waals surface area (Å²) in [5.74, 6) is -0.887. The predicted octanol–water partition coefficient (Wildman–Crippen LogP) is 2.50. The van der Waals surface area contributed by atoms with Crippen LogP contribution in [0.3, 0.4) is 0 Å². The Morgan fingerprint density at radius 2 is 2.00 bits per heavy atom. The summed E-state index contributed by atoms with van der Waals surface area (Å²) in [5.41, 5.74) is -0.240. The third kappa shape index (κ3) is 3.73. The molecule has 1 aromatic carbocycles. The van der Waals surface area contributed by atoms with Crippen molar-refractivity contribution >= 4 is 22.8 Å². The van der Waals surface area contributed by atoms with Crippen LogP contribution in [0.15, 0.2) is 39.5 Å². The van der Waals surface area contributed by atoms with Gasteiger partial charge in [0.1, 0.15) is 11.1 Å². The van der Waals surface area contributed by atoms with Crippen molar-refractivity contribution in [2.75, 3.05) is 13.7 Å². The quantitative estimate of drug-likeness (QED) is 0.681. The normalized spacial score (nSPS) is 20.2. The van der Waals surface area contributed by atoms with Gasteiger partial charge in [-0.3, -0.25) is 9.59 Å². The highest BCUT2D eigenvalue weighted by Gasteiger charge is 2.32. The fourth-order valence-electron chi connectivity index (χ4n) is 3.45. The van der Waals surface area contributed by atoms with E-state index in [1.54, 1.807) is 18.2 Å². The number of carbonyl (C=O) groups excluding carboxylic acids is 2. The third-order valence-electron chi connectivity index (χ3n) is 4.82. The molecule has 3 rings (SSSR count). The molecule has 1 heterocycles. The molecule has 1 aliphatic rings. The van der Waals surface area contributed by atoms with Crippen molar-refractivity contribution in [1.29, 1.82) is 0 Å². The van der Waals surface area contributed by atoms with Crippen LogP contribution in [0.5, 0.6) is 0 Å². The Bertz CT molecular complexity index is 841. The maximum Gasteiger partial charge on any atom is 0.349 e. The lowest BCUT2D eigenvalue weighted by atomic mass is 9.79. The molecule has 0 radical (unpaired) electrons. The monoisotopic (exact) mass is 343 g/mol. The molecule has 0 bridgehead atoms. The standard InChI is InChI=1S/C19H21NO5/c1-24-18(22)14-8-4-2-7-13(14)11-20-17(21)15-10-12-6-3-5-9-16(12)25-19(15)23/h3,5-6,9-10,13-14H,2,4,7-8,11H2,1H3,(H,20,21). The summed E-state index contributed by atoms with van der Waals surface area (Å²) < 4.78 is 10.1. The molecule has 6 nitrogen and oxygen atoms in total. The van der Waals surface area contributed by atoms with Gasteiger partial charge < -0.3 is 14.5 Å². The molecule has 132 valence electrons. The zero-order valence-corrected chi connectivity index (χ0v) is 14.1. The van der Waals surface area contributed by atoms with Gasteiger partial charge in [0.05, 0.1) is 13.0 Å². The number of ether oxygens (including phenoxy) is 1.